The van der Waals surface area contributed by atoms with Gasteiger partial charge in [-0.3, -0.25) is 13.6 Å². The van der Waals surface area contributed by atoms with Gasteiger partial charge in [-0.25, -0.2) is 0 Å². The van der Waals surface area contributed by atoms with Crippen LogP contribution in [0.2, 0.25) is 0 Å². The van der Waals surface area contributed by atoms with Crippen LogP contribution in [0.1, 0.15) is 534 Å². The average molecular weight is 1670 g/mol. The molecule has 0 amide bonds. The maximum Gasteiger partial charge on any atom is 0.336 e. The molecule has 0 spiro atoms. The summed E-state index contributed by atoms with van der Waals surface area (Å²) in [6, 6.07) is 59.3. The molecule has 6 aromatic carbocycles. The molecular weight excluding hydrogens is 1480 g/mol. The van der Waals surface area contributed by atoms with Crippen molar-refractivity contribution in [3.63, 3.8) is 0 Å². The highest BCUT2D eigenvalue weighted by molar-refractivity contribution is 7.41. The normalized spacial score (nSPS) is 12.1. The number of unbranched alkanes of at least 4 members (excludes halogenated alkanes) is 51. The second-order valence-corrected chi connectivity index (χ2v) is 38.7. The summed E-state index contributed by atoms with van der Waals surface area (Å²) in [6.45, 7) is 21.3. The summed E-state index contributed by atoms with van der Waals surface area (Å²) in [5.41, 5.74) is 13.9. The van der Waals surface area contributed by atoms with Crippen LogP contribution < -0.4 is 0 Å². The van der Waals surface area contributed by atoms with Crippen molar-refractivity contribution in [2.75, 3.05) is 0 Å². The number of aryl methyl sites for hydroxylation is 6. The van der Waals surface area contributed by atoms with E-state index in [1.54, 1.807) is 0 Å². The van der Waals surface area contributed by atoms with Gasteiger partial charge in [-0.05, 0) is 182 Å². The molecular formula is C117H189O3P. The Kier molecular flexibility index (Phi) is 59.9. The summed E-state index contributed by atoms with van der Waals surface area (Å²) in [4.78, 5) is 0. The van der Waals surface area contributed by atoms with Crippen molar-refractivity contribution >= 4 is 8.60 Å². The van der Waals surface area contributed by atoms with E-state index in [0.29, 0.717) is 0 Å². The molecule has 0 aliphatic heterocycles. The third-order valence-electron chi connectivity index (χ3n) is 27.4. The summed E-state index contributed by atoms with van der Waals surface area (Å²) in [5.74, 6) is 0. The quantitative estimate of drug-likeness (QED) is 0.0281. The molecule has 0 bridgehead atoms. The molecule has 0 aliphatic rings. The van der Waals surface area contributed by atoms with Crippen molar-refractivity contribution in [1.29, 1.82) is 0 Å². The molecule has 0 fully saturated rings. The van der Waals surface area contributed by atoms with Crippen LogP contribution in [0.15, 0.2) is 146 Å². The number of rotatable bonds is 81. The zero-order valence-corrected chi connectivity index (χ0v) is 81.7. The van der Waals surface area contributed by atoms with Gasteiger partial charge >= 0.3 is 8.60 Å². The van der Waals surface area contributed by atoms with Gasteiger partial charge in [0.2, 0.25) is 0 Å². The molecule has 0 N–H and O–H groups in total. The van der Waals surface area contributed by atoms with Crippen LogP contribution in [-0.2, 0) is 68.9 Å². The van der Waals surface area contributed by atoms with E-state index in [2.05, 4.69) is 208 Å². The van der Waals surface area contributed by atoms with Gasteiger partial charge in [-0.2, -0.15) is 0 Å². The lowest BCUT2D eigenvalue weighted by molar-refractivity contribution is -0.0266. The van der Waals surface area contributed by atoms with Crippen molar-refractivity contribution < 1.29 is 13.6 Å². The van der Waals surface area contributed by atoms with Gasteiger partial charge in [0.15, 0.2) is 0 Å². The van der Waals surface area contributed by atoms with Crippen molar-refractivity contribution in [3.05, 3.63) is 212 Å². The molecule has 3 nitrogen and oxygen atoms in total. The number of hydrogen-bond acceptors (Lipinski definition) is 3. The Bertz CT molecular complexity index is 2880. The van der Waals surface area contributed by atoms with E-state index in [1.807, 2.05) is 0 Å². The van der Waals surface area contributed by atoms with Crippen LogP contribution in [0, 0.1) is 0 Å². The Morgan fingerprint density at radius 3 is 0.430 bits per heavy atom. The van der Waals surface area contributed by atoms with Gasteiger partial charge in [-0.1, -0.05) is 535 Å². The Morgan fingerprint density at radius 1 is 0.157 bits per heavy atom. The second kappa shape index (κ2) is 68.8. The van der Waals surface area contributed by atoms with E-state index in [4.69, 9.17) is 0 Å². The second-order valence-electron chi connectivity index (χ2n) is 37.7. The third-order valence-corrected chi connectivity index (χ3v) is 28.7. The zero-order valence-electron chi connectivity index (χ0n) is 80.8. The lowest BCUT2D eigenvalue weighted by Gasteiger charge is -2.47. The first-order chi connectivity index (χ1) is 59.8. The molecule has 0 aromatic heterocycles. The summed E-state index contributed by atoms with van der Waals surface area (Å²) in [7, 11) is -2.38. The number of hydrogen-bond donors (Lipinski definition) is 0. The fourth-order valence-electron chi connectivity index (χ4n) is 20.0. The van der Waals surface area contributed by atoms with E-state index in [0.717, 1.165) is 135 Å². The van der Waals surface area contributed by atoms with Gasteiger partial charge in [-0.15, -0.1) is 0 Å². The smallest absolute Gasteiger partial charge is 0.296 e. The minimum Gasteiger partial charge on any atom is -0.296 e. The topological polar surface area (TPSA) is 27.7 Å². The molecule has 0 heterocycles. The van der Waals surface area contributed by atoms with Crippen molar-refractivity contribution in [3.8, 4) is 0 Å². The van der Waals surface area contributed by atoms with Crippen LogP contribution in [-0.4, -0.2) is 0 Å². The molecule has 121 heavy (non-hydrogen) atoms. The molecule has 680 valence electrons. The maximum absolute atomic E-state index is 9.54. The van der Waals surface area contributed by atoms with Crippen molar-refractivity contribution in [1.82, 2.24) is 0 Å². The van der Waals surface area contributed by atoms with E-state index < -0.39 is 25.4 Å². The highest BCUT2D eigenvalue weighted by Gasteiger charge is 2.51. The fraction of sp³-hybridized carbons (Fsp3) is 0.692. The summed E-state index contributed by atoms with van der Waals surface area (Å²) < 4.78 is 28.6. The van der Waals surface area contributed by atoms with E-state index in [9.17, 15) is 13.6 Å². The molecule has 4 heteroatoms. The minimum atomic E-state index is -2.38. The molecule has 0 atom stereocenters. The van der Waals surface area contributed by atoms with E-state index >= 15 is 0 Å². The molecule has 0 saturated heterocycles. The van der Waals surface area contributed by atoms with Crippen LogP contribution in [0.25, 0.3) is 0 Å². The third kappa shape index (κ3) is 39.8. The van der Waals surface area contributed by atoms with Gasteiger partial charge in [0, 0.05) is 0 Å². The van der Waals surface area contributed by atoms with Crippen molar-refractivity contribution in [2.24, 2.45) is 0 Å². The summed E-state index contributed by atoms with van der Waals surface area (Å²) in [5, 5.41) is 0. The Labute approximate surface area is 751 Å². The lowest BCUT2D eigenvalue weighted by atomic mass is 9.76. The molecule has 6 aromatic rings. The van der Waals surface area contributed by atoms with Gasteiger partial charge in [0.1, 0.15) is 16.8 Å². The Morgan fingerprint density at radius 2 is 0.281 bits per heavy atom. The van der Waals surface area contributed by atoms with E-state index in [-0.39, 0.29) is 0 Å². The first-order valence-electron chi connectivity index (χ1n) is 53.2. The van der Waals surface area contributed by atoms with Gasteiger partial charge in [0.25, 0.3) is 0 Å². The Balaban J connectivity index is 1.88. The molecule has 0 saturated carbocycles. The minimum absolute atomic E-state index is 0.842. The van der Waals surface area contributed by atoms with Crippen LogP contribution in [0.3, 0.4) is 0 Å². The maximum atomic E-state index is 9.54. The highest BCUT2D eigenvalue weighted by atomic mass is 31.2. The fourth-order valence-corrected chi connectivity index (χ4v) is 21.7. The Hall–Kier alpha value is -4.37. The summed E-state index contributed by atoms with van der Waals surface area (Å²) >= 11 is 0. The van der Waals surface area contributed by atoms with E-state index in [1.165, 1.54) is 375 Å². The van der Waals surface area contributed by atoms with Crippen LogP contribution in [0.5, 0.6) is 0 Å². The monoisotopic (exact) mass is 1670 g/mol. The predicted octanol–water partition coefficient (Wildman–Crippen LogP) is 39.1. The summed E-state index contributed by atoms with van der Waals surface area (Å²) in [6.07, 6.45) is 84.0. The predicted molar refractivity (Wildman–Crippen MR) is 535 cm³/mol. The highest BCUT2D eigenvalue weighted by Crippen LogP contribution is 2.64. The molecule has 0 unspecified atom stereocenters. The van der Waals surface area contributed by atoms with Crippen molar-refractivity contribution in [2.45, 2.75) is 522 Å². The molecule has 0 radical (unpaired) electrons. The standard InChI is InChI=1S/C117H189O3P/c1-10-19-28-37-46-52-61-82-103-88-67-73-94-109(103)115(100-79-58-43-34-25-16-7,110-95-74-68-89-104(110)83-62-53-47-38-29-20-11-2)118-121(119-116(101-80-59-44-35-26-17-8,111-96-75-69-90-105(111)84-63-54-48-39-30-21-12-3)112-97-76-70-91-106(112)85-64-55-49-40-31-22-13-4)120-117(102-81-60-45-36-27-18-9,113-98-77-71-92-107(113)86-65-56-50-41-32-23-14-5)114-99-78-72-93-108(114)87-66-57-51-42-33-24-15-6/h67-78,88-99H,10-66,79-87,100-102H2,1-9H3. The van der Waals surface area contributed by atoms with Crippen LogP contribution in [0.4, 0.5) is 0 Å². The zero-order chi connectivity index (χ0) is 85.9. The van der Waals surface area contributed by atoms with Gasteiger partial charge in [0.05, 0.1) is 0 Å². The van der Waals surface area contributed by atoms with Crippen LogP contribution >= 0.6 is 8.60 Å². The average Bonchev–Trinajstić information content (AvgIpc) is 0.733. The van der Waals surface area contributed by atoms with Gasteiger partial charge < -0.3 is 0 Å². The lowest BCUT2D eigenvalue weighted by Crippen LogP contribution is -2.39. The number of benzene rings is 6. The first-order valence-corrected chi connectivity index (χ1v) is 54.3. The SMILES string of the molecule is CCCCCCCCCc1ccccc1C(CCCCCCCC)(OP(OC(CCCCCCCC)(c1ccccc1CCCCCCCCC)c1ccccc1CCCCCCCCC)OC(CCCCCCCC)(c1ccccc1CCCCCCCCC)c1ccccc1CCCCCCCCC)c1ccccc1CCCCCCCCC. The molecule has 0 aliphatic carbocycles. The largest absolute Gasteiger partial charge is 0.336 e. The molecule has 6 rings (SSSR count). The first kappa shape index (κ1) is 105.